The van der Waals surface area contributed by atoms with E-state index in [1.165, 1.54) is 0 Å². The minimum absolute atomic E-state index is 0.130. The van der Waals surface area contributed by atoms with Crippen molar-refractivity contribution in [3.05, 3.63) is 120 Å². The topological polar surface area (TPSA) is 52.9 Å². The molecular formula is C30H32N3O+. The molecule has 0 radical (unpaired) electrons. The second kappa shape index (κ2) is 11.8. The maximum atomic E-state index is 13.1. The molecule has 0 aliphatic heterocycles. The van der Waals surface area contributed by atoms with Crippen LogP contribution in [0.4, 0.5) is 0 Å². The van der Waals surface area contributed by atoms with Crippen LogP contribution in [-0.2, 0) is 11.3 Å². The van der Waals surface area contributed by atoms with Gasteiger partial charge in [-0.1, -0.05) is 97.6 Å². The van der Waals surface area contributed by atoms with Crippen molar-refractivity contribution in [1.82, 2.24) is 5.32 Å². The lowest BCUT2D eigenvalue weighted by atomic mass is 9.97. The Balaban J connectivity index is 1.81. The molecule has 4 nitrogen and oxygen atoms in total. The van der Waals surface area contributed by atoms with E-state index in [1.807, 2.05) is 85.8 Å². The molecule has 3 aromatic rings. The first-order valence-electron chi connectivity index (χ1n) is 11.5. The van der Waals surface area contributed by atoms with Crippen LogP contribution in [0.15, 0.2) is 97.6 Å². The third-order valence-electron chi connectivity index (χ3n) is 5.79. The van der Waals surface area contributed by atoms with Gasteiger partial charge in [0.25, 0.3) is 0 Å². The van der Waals surface area contributed by atoms with E-state index in [0.717, 1.165) is 27.8 Å². The Morgan fingerprint density at radius 3 is 2.06 bits per heavy atom. The Morgan fingerprint density at radius 2 is 1.56 bits per heavy atom. The maximum Gasteiger partial charge on any atom is 0.248 e. The molecule has 1 N–H and O–H groups in total. The van der Waals surface area contributed by atoms with Gasteiger partial charge in [-0.25, -0.2) is 0 Å². The lowest BCUT2D eigenvalue weighted by Gasteiger charge is -2.35. The summed E-state index contributed by atoms with van der Waals surface area (Å²) in [5.74, 6) is -0.284. The van der Waals surface area contributed by atoms with Gasteiger partial charge in [0.15, 0.2) is 6.67 Å². The second-order valence-corrected chi connectivity index (χ2v) is 8.93. The minimum atomic E-state index is -0.154. The zero-order valence-corrected chi connectivity index (χ0v) is 19.9. The van der Waals surface area contributed by atoms with Crippen molar-refractivity contribution < 1.29 is 9.28 Å². The van der Waals surface area contributed by atoms with Crippen molar-refractivity contribution >= 4 is 17.6 Å². The van der Waals surface area contributed by atoms with E-state index < -0.39 is 0 Å². The maximum absolute atomic E-state index is 13.1. The van der Waals surface area contributed by atoms with Crippen molar-refractivity contribution in [2.24, 2.45) is 5.92 Å². The fourth-order valence-electron chi connectivity index (χ4n) is 4.11. The Labute approximate surface area is 203 Å². The highest BCUT2D eigenvalue weighted by Crippen LogP contribution is 2.23. The van der Waals surface area contributed by atoms with Gasteiger partial charge in [0.1, 0.15) is 6.54 Å². The van der Waals surface area contributed by atoms with Crippen LogP contribution >= 0.6 is 0 Å². The average molecular weight is 451 g/mol. The Hall–Kier alpha value is -3.94. The summed E-state index contributed by atoms with van der Waals surface area (Å²) in [6.45, 7) is 7.48. The summed E-state index contributed by atoms with van der Waals surface area (Å²) >= 11 is 0. The van der Waals surface area contributed by atoms with E-state index in [0.29, 0.717) is 24.2 Å². The SMILES string of the molecule is C=Cc1ccc(C[N+](C)(CNC(=O)C=C(c2ccccc2)c2ccccc2)CC(C)C#N)cc1. The van der Waals surface area contributed by atoms with Crippen LogP contribution in [0.5, 0.6) is 0 Å². The van der Waals surface area contributed by atoms with Gasteiger partial charge in [0.05, 0.1) is 25.6 Å². The Kier molecular flexibility index (Phi) is 8.56. The van der Waals surface area contributed by atoms with Crippen LogP contribution in [0.3, 0.4) is 0 Å². The number of nitriles is 1. The van der Waals surface area contributed by atoms with E-state index in [4.69, 9.17) is 0 Å². The number of hydrogen-bond acceptors (Lipinski definition) is 2. The van der Waals surface area contributed by atoms with Gasteiger partial charge in [-0.15, -0.1) is 0 Å². The van der Waals surface area contributed by atoms with Crippen molar-refractivity contribution in [3.8, 4) is 6.07 Å². The number of hydrogen-bond donors (Lipinski definition) is 1. The summed E-state index contributed by atoms with van der Waals surface area (Å²) in [5, 5.41) is 12.5. The molecule has 0 fully saturated rings. The van der Waals surface area contributed by atoms with Gasteiger partial charge in [-0.05, 0) is 29.2 Å². The van der Waals surface area contributed by atoms with E-state index in [-0.39, 0.29) is 11.8 Å². The molecule has 0 aliphatic rings. The van der Waals surface area contributed by atoms with Crippen LogP contribution in [-0.4, -0.2) is 30.7 Å². The number of nitrogens with one attached hydrogen (secondary N) is 1. The Bertz CT molecular complexity index is 1120. The van der Waals surface area contributed by atoms with Crippen molar-refractivity contribution in [3.63, 3.8) is 0 Å². The summed E-state index contributed by atoms with van der Waals surface area (Å²) in [4.78, 5) is 13.1. The van der Waals surface area contributed by atoms with E-state index in [2.05, 4.69) is 37.1 Å². The van der Waals surface area contributed by atoms with E-state index in [9.17, 15) is 10.1 Å². The zero-order chi connectivity index (χ0) is 24.4. The monoisotopic (exact) mass is 450 g/mol. The predicted octanol–water partition coefficient (Wildman–Crippen LogP) is 5.64. The summed E-state index contributed by atoms with van der Waals surface area (Å²) < 4.78 is 0.522. The molecule has 4 heteroatoms. The van der Waals surface area contributed by atoms with Gasteiger partial charge in [-0.2, -0.15) is 5.26 Å². The fourth-order valence-corrected chi connectivity index (χ4v) is 4.11. The number of nitrogens with zero attached hydrogens (tertiary/aromatic N) is 2. The quantitative estimate of drug-likeness (QED) is 0.247. The third-order valence-corrected chi connectivity index (χ3v) is 5.79. The molecule has 0 aromatic heterocycles. The molecule has 34 heavy (non-hydrogen) atoms. The molecule has 1 amide bonds. The highest BCUT2D eigenvalue weighted by atomic mass is 16.1. The molecule has 0 bridgehead atoms. The molecule has 0 saturated carbocycles. The van der Waals surface area contributed by atoms with E-state index in [1.54, 1.807) is 6.08 Å². The molecule has 2 unspecified atom stereocenters. The molecule has 3 rings (SSSR count). The summed E-state index contributed by atoms with van der Waals surface area (Å²) in [5.41, 5.74) is 5.06. The molecule has 172 valence electrons. The van der Waals surface area contributed by atoms with Gasteiger partial charge in [0.2, 0.25) is 5.91 Å². The van der Waals surface area contributed by atoms with Gasteiger partial charge < -0.3 is 9.80 Å². The van der Waals surface area contributed by atoms with Crippen LogP contribution in [0, 0.1) is 17.2 Å². The van der Waals surface area contributed by atoms with Gasteiger partial charge >= 0.3 is 0 Å². The highest BCUT2D eigenvalue weighted by molar-refractivity contribution is 5.99. The predicted molar refractivity (Wildman–Crippen MR) is 139 cm³/mol. The van der Waals surface area contributed by atoms with Crippen LogP contribution < -0.4 is 5.32 Å². The number of carbonyl (C=O) groups is 1. The Morgan fingerprint density at radius 1 is 1.00 bits per heavy atom. The average Bonchev–Trinajstić information content (AvgIpc) is 2.87. The number of carbonyl (C=O) groups excluding carboxylic acids is 1. The van der Waals surface area contributed by atoms with Crippen molar-refractivity contribution in [2.45, 2.75) is 13.5 Å². The first kappa shape index (κ1) is 24.7. The molecule has 0 heterocycles. The van der Waals surface area contributed by atoms with Gasteiger partial charge in [-0.3, -0.25) is 4.79 Å². The first-order chi connectivity index (χ1) is 16.4. The molecule has 0 aliphatic carbocycles. The molecular weight excluding hydrogens is 418 g/mol. The fraction of sp³-hybridized carbons (Fsp3) is 0.200. The summed E-state index contributed by atoms with van der Waals surface area (Å²) in [6, 6.07) is 30.4. The molecule has 0 saturated heterocycles. The van der Waals surface area contributed by atoms with Crippen LogP contribution in [0.25, 0.3) is 11.6 Å². The van der Waals surface area contributed by atoms with Crippen LogP contribution in [0.1, 0.15) is 29.2 Å². The van der Waals surface area contributed by atoms with E-state index >= 15 is 0 Å². The lowest BCUT2D eigenvalue weighted by molar-refractivity contribution is -0.926. The number of amides is 1. The highest BCUT2D eigenvalue weighted by Gasteiger charge is 2.26. The van der Waals surface area contributed by atoms with Crippen LogP contribution in [0.2, 0.25) is 0 Å². The van der Waals surface area contributed by atoms with Crippen molar-refractivity contribution in [1.29, 1.82) is 5.26 Å². The zero-order valence-electron chi connectivity index (χ0n) is 19.9. The number of rotatable bonds is 10. The van der Waals surface area contributed by atoms with Gasteiger partial charge in [0, 0.05) is 11.6 Å². The minimum Gasteiger partial charge on any atom is -0.306 e. The molecule has 0 spiro atoms. The summed E-state index contributed by atoms with van der Waals surface area (Å²) in [6.07, 6.45) is 3.49. The standard InChI is InChI=1S/C30H31N3O/c1-4-25-15-17-26(18-16-25)22-33(3,21-24(2)20-31)23-32-30(34)19-29(27-11-7-5-8-12-27)28-13-9-6-10-14-28/h4-19,24H,1,21-23H2,2-3H3/p+1. The normalized spacial score (nSPS) is 13.1. The first-order valence-corrected chi connectivity index (χ1v) is 11.5. The lowest BCUT2D eigenvalue weighted by Crippen LogP contribution is -2.52. The van der Waals surface area contributed by atoms with Crippen molar-refractivity contribution in [2.75, 3.05) is 20.3 Å². The number of quaternary nitrogens is 1. The smallest absolute Gasteiger partial charge is 0.248 e. The molecule has 2 atom stereocenters. The molecule has 3 aromatic carbocycles. The largest absolute Gasteiger partial charge is 0.306 e. The third kappa shape index (κ3) is 7.03. The summed E-state index contributed by atoms with van der Waals surface area (Å²) in [7, 11) is 2.08. The second-order valence-electron chi connectivity index (χ2n) is 8.93. The number of benzene rings is 3.